The molecule has 2 rings (SSSR count). The molecular formula is C10H11ClF3N3. The monoisotopic (exact) mass is 265 g/mol. The molecule has 0 radical (unpaired) electrons. The first-order valence-corrected chi connectivity index (χ1v) is 5.59. The Balaban J connectivity index is 2.00. The fourth-order valence-electron chi connectivity index (χ4n) is 1.61. The summed E-state index contributed by atoms with van der Waals surface area (Å²) in [7, 11) is 0. The van der Waals surface area contributed by atoms with Gasteiger partial charge in [-0.1, -0.05) is 11.6 Å². The Morgan fingerprint density at radius 1 is 1.29 bits per heavy atom. The second kappa shape index (κ2) is 4.78. The first-order chi connectivity index (χ1) is 7.94. The summed E-state index contributed by atoms with van der Waals surface area (Å²) in [6.07, 6.45) is 0.209. The van der Waals surface area contributed by atoms with Gasteiger partial charge in [-0.15, -0.1) is 0 Å². The third-order valence-corrected chi connectivity index (χ3v) is 2.68. The van der Waals surface area contributed by atoms with Crippen molar-refractivity contribution >= 4 is 11.6 Å². The largest absolute Gasteiger partial charge is 0.401 e. The highest BCUT2D eigenvalue weighted by atomic mass is 35.5. The van der Waals surface area contributed by atoms with E-state index in [9.17, 15) is 13.2 Å². The van der Waals surface area contributed by atoms with Crippen molar-refractivity contribution in [3.05, 3.63) is 23.2 Å². The Kier molecular flexibility index (Phi) is 3.53. The highest BCUT2D eigenvalue weighted by Gasteiger charge is 2.38. The summed E-state index contributed by atoms with van der Waals surface area (Å²) in [6.45, 7) is -0.740. The van der Waals surface area contributed by atoms with Crippen molar-refractivity contribution in [1.82, 2.24) is 14.9 Å². The first-order valence-electron chi connectivity index (χ1n) is 5.21. The van der Waals surface area contributed by atoms with Crippen LogP contribution in [0.5, 0.6) is 0 Å². The maximum atomic E-state index is 12.4. The van der Waals surface area contributed by atoms with E-state index < -0.39 is 12.7 Å². The van der Waals surface area contributed by atoms with E-state index in [1.54, 1.807) is 0 Å². The Bertz CT molecular complexity index is 375. The van der Waals surface area contributed by atoms with Crippen molar-refractivity contribution in [3.8, 4) is 0 Å². The fourth-order valence-corrected chi connectivity index (χ4v) is 1.71. The van der Waals surface area contributed by atoms with Crippen LogP contribution < -0.4 is 0 Å². The molecule has 94 valence electrons. The van der Waals surface area contributed by atoms with Gasteiger partial charge in [0.2, 0.25) is 0 Å². The van der Waals surface area contributed by atoms with Gasteiger partial charge in [0.15, 0.2) is 0 Å². The van der Waals surface area contributed by atoms with Crippen LogP contribution >= 0.6 is 11.6 Å². The molecule has 0 amide bonds. The molecule has 1 fully saturated rings. The molecule has 0 unspecified atom stereocenters. The fraction of sp³-hybridized carbons (Fsp3) is 0.600. The second-order valence-electron chi connectivity index (χ2n) is 4.08. The van der Waals surface area contributed by atoms with E-state index in [1.807, 2.05) is 0 Å². The minimum absolute atomic E-state index is 0.0223. The SMILES string of the molecule is FC(F)(F)CN(Cc1cnc(Cl)cn1)C1CC1. The lowest BCUT2D eigenvalue weighted by molar-refractivity contribution is -0.148. The van der Waals surface area contributed by atoms with Crippen LogP contribution in [0.25, 0.3) is 0 Å². The number of nitrogens with zero attached hydrogens (tertiary/aromatic N) is 3. The highest BCUT2D eigenvalue weighted by molar-refractivity contribution is 6.29. The van der Waals surface area contributed by atoms with E-state index >= 15 is 0 Å². The number of hydrogen-bond donors (Lipinski definition) is 0. The van der Waals surface area contributed by atoms with E-state index in [4.69, 9.17) is 11.6 Å². The van der Waals surface area contributed by atoms with Gasteiger partial charge in [-0.3, -0.25) is 9.88 Å². The summed E-state index contributed by atoms with van der Waals surface area (Å²) in [6, 6.07) is 0.0223. The van der Waals surface area contributed by atoms with Gasteiger partial charge in [0, 0.05) is 12.6 Å². The molecule has 1 aliphatic rings. The Hall–Kier alpha value is -0.880. The zero-order chi connectivity index (χ0) is 12.5. The molecule has 0 aromatic carbocycles. The molecule has 0 saturated heterocycles. The number of alkyl halides is 3. The summed E-state index contributed by atoms with van der Waals surface area (Å²) in [4.78, 5) is 9.15. The van der Waals surface area contributed by atoms with Crippen molar-refractivity contribution < 1.29 is 13.2 Å². The van der Waals surface area contributed by atoms with Gasteiger partial charge >= 0.3 is 6.18 Å². The van der Waals surface area contributed by atoms with Crippen molar-refractivity contribution in [1.29, 1.82) is 0 Å². The van der Waals surface area contributed by atoms with E-state index in [-0.39, 0.29) is 17.7 Å². The zero-order valence-electron chi connectivity index (χ0n) is 8.91. The molecule has 0 spiro atoms. The maximum Gasteiger partial charge on any atom is 0.401 e. The molecule has 0 bridgehead atoms. The van der Waals surface area contributed by atoms with Gasteiger partial charge in [-0.05, 0) is 12.8 Å². The van der Waals surface area contributed by atoms with Crippen LogP contribution in [-0.2, 0) is 6.54 Å². The standard InChI is InChI=1S/C10H11ClF3N3/c11-9-4-15-7(3-16-9)5-17(8-1-2-8)6-10(12,13)14/h3-4,8H,1-2,5-6H2. The molecule has 3 nitrogen and oxygen atoms in total. The molecule has 0 aliphatic heterocycles. The van der Waals surface area contributed by atoms with Crippen LogP contribution in [0.1, 0.15) is 18.5 Å². The molecular weight excluding hydrogens is 255 g/mol. The van der Waals surface area contributed by atoms with Crippen LogP contribution in [0.3, 0.4) is 0 Å². The summed E-state index contributed by atoms with van der Waals surface area (Å²) in [5.74, 6) is 0. The van der Waals surface area contributed by atoms with Crippen molar-refractivity contribution in [2.75, 3.05) is 6.54 Å². The van der Waals surface area contributed by atoms with Crippen molar-refractivity contribution in [2.24, 2.45) is 0 Å². The quantitative estimate of drug-likeness (QED) is 0.838. The van der Waals surface area contributed by atoms with E-state index in [1.165, 1.54) is 17.3 Å². The molecule has 7 heteroatoms. The number of aromatic nitrogens is 2. The number of rotatable bonds is 4. The lowest BCUT2D eigenvalue weighted by atomic mass is 10.3. The summed E-state index contributed by atoms with van der Waals surface area (Å²) >= 11 is 5.56. The van der Waals surface area contributed by atoms with E-state index in [0.717, 1.165) is 12.8 Å². The Labute approximate surface area is 102 Å². The average molecular weight is 266 g/mol. The summed E-state index contributed by atoms with van der Waals surface area (Å²) in [5.41, 5.74) is 0.505. The third kappa shape index (κ3) is 4.12. The first kappa shape index (κ1) is 12.6. The summed E-state index contributed by atoms with van der Waals surface area (Å²) in [5, 5.41) is 0.238. The molecule has 0 N–H and O–H groups in total. The van der Waals surface area contributed by atoms with Gasteiger partial charge < -0.3 is 0 Å². The Morgan fingerprint density at radius 2 is 2.00 bits per heavy atom. The van der Waals surface area contributed by atoms with Crippen LogP contribution in [0.2, 0.25) is 5.15 Å². The smallest absolute Gasteiger partial charge is 0.286 e. The van der Waals surface area contributed by atoms with Crippen LogP contribution in [0.15, 0.2) is 12.4 Å². The molecule has 0 atom stereocenters. The van der Waals surface area contributed by atoms with Crippen molar-refractivity contribution in [3.63, 3.8) is 0 Å². The molecule has 1 heterocycles. The highest BCUT2D eigenvalue weighted by Crippen LogP contribution is 2.31. The lowest BCUT2D eigenvalue weighted by Crippen LogP contribution is -2.35. The van der Waals surface area contributed by atoms with Crippen LogP contribution in [0.4, 0.5) is 13.2 Å². The molecule has 1 saturated carbocycles. The third-order valence-electron chi connectivity index (χ3n) is 2.48. The molecule has 1 aromatic rings. The van der Waals surface area contributed by atoms with Crippen molar-refractivity contribution in [2.45, 2.75) is 31.6 Å². The average Bonchev–Trinajstić information content (AvgIpc) is 3.01. The topological polar surface area (TPSA) is 29.0 Å². The molecule has 1 aliphatic carbocycles. The minimum atomic E-state index is -4.18. The normalized spacial score (nSPS) is 16.5. The van der Waals surface area contributed by atoms with E-state index in [2.05, 4.69) is 9.97 Å². The Morgan fingerprint density at radius 3 is 2.47 bits per heavy atom. The van der Waals surface area contributed by atoms with Gasteiger partial charge in [-0.2, -0.15) is 13.2 Å². The van der Waals surface area contributed by atoms with Crippen LogP contribution in [-0.4, -0.2) is 33.6 Å². The van der Waals surface area contributed by atoms with Gasteiger partial charge in [0.05, 0.1) is 24.6 Å². The summed E-state index contributed by atoms with van der Waals surface area (Å²) < 4.78 is 37.1. The number of hydrogen-bond acceptors (Lipinski definition) is 3. The predicted molar refractivity (Wildman–Crippen MR) is 56.5 cm³/mol. The molecule has 17 heavy (non-hydrogen) atoms. The lowest BCUT2D eigenvalue weighted by Gasteiger charge is -2.22. The zero-order valence-corrected chi connectivity index (χ0v) is 9.67. The van der Waals surface area contributed by atoms with Crippen LogP contribution in [0, 0.1) is 0 Å². The molecule has 1 aromatic heterocycles. The maximum absolute atomic E-state index is 12.4. The number of halogens is 4. The van der Waals surface area contributed by atoms with Gasteiger partial charge in [-0.25, -0.2) is 4.98 Å². The minimum Gasteiger partial charge on any atom is -0.286 e. The predicted octanol–water partition coefficient (Wildman–Crippen LogP) is 2.66. The van der Waals surface area contributed by atoms with Gasteiger partial charge in [0.25, 0.3) is 0 Å². The van der Waals surface area contributed by atoms with E-state index in [0.29, 0.717) is 5.69 Å². The van der Waals surface area contributed by atoms with Gasteiger partial charge in [0.1, 0.15) is 5.15 Å². The second-order valence-corrected chi connectivity index (χ2v) is 4.47.